The highest BCUT2D eigenvalue weighted by Gasteiger charge is 2.64. The Morgan fingerprint density at radius 2 is 1.75 bits per heavy atom. The number of carbonyl (C=O) groups is 2. The zero-order valence-electron chi connectivity index (χ0n) is 24.7. The summed E-state index contributed by atoms with van der Waals surface area (Å²) in [6.07, 6.45) is -0.997. The predicted molar refractivity (Wildman–Crippen MR) is 163 cm³/mol. The van der Waals surface area contributed by atoms with Crippen LogP contribution in [-0.2, 0) is 25.2 Å². The molecular formula is C30H33ClN4O8S. The number of nitrogens with one attached hydrogen (secondary N) is 1. The minimum Gasteiger partial charge on any atom is -0.496 e. The highest BCUT2D eigenvalue weighted by Crippen LogP contribution is 2.55. The quantitative estimate of drug-likeness (QED) is 0.313. The lowest BCUT2D eigenvalue weighted by molar-refractivity contribution is -0.138. The van der Waals surface area contributed by atoms with Gasteiger partial charge in [0.25, 0.3) is 15.9 Å². The Balaban J connectivity index is 1.88. The van der Waals surface area contributed by atoms with Crippen LogP contribution < -0.4 is 19.3 Å². The molecule has 5 rings (SSSR count). The smallest absolute Gasteiger partial charge is 0.274 e. The number of amides is 2. The Labute approximate surface area is 260 Å². The summed E-state index contributed by atoms with van der Waals surface area (Å²) < 4.78 is 40.9. The van der Waals surface area contributed by atoms with E-state index >= 15 is 4.79 Å². The molecule has 12 nitrogen and oxygen atoms in total. The first-order valence-corrected chi connectivity index (χ1v) is 15.4. The largest absolute Gasteiger partial charge is 0.496 e. The van der Waals surface area contributed by atoms with Crippen LogP contribution in [-0.4, -0.2) is 87.4 Å². The number of benzene rings is 3. The van der Waals surface area contributed by atoms with Gasteiger partial charge in [0.05, 0.1) is 37.7 Å². The SMILES string of the molecule is COc1ccc(C)cc1C1(N2C[C@H](O)C[C@H]2C(=O)N(C)C)C(=O)N(S(=O)(=O)c2ccc(NO)cc2OC)c2ccc(Cl)cc21. The van der Waals surface area contributed by atoms with E-state index in [9.17, 15) is 23.5 Å². The second kappa shape index (κ2) is 11.6. The lowest BCUT2D eigenvalue weighted by atomic mass is 9.80. The monoisotopic (exact) mass is 644 g/mol. The summed E-state index contributed by atoms with van der Waals surface area (Å²) in [5, 5.41) is 20.6. The first-order valence-electron chi connectivity index (χ1n) is 13.6. The number of hydrogen-bond donors (Lipinski definition) is 3. The van der Waals surface area contributed by atoms with Gasteiger partial charge in [-0.25, -0.2) is 12.7 Å². The topological polar surface area (TPSA) is 149 Å². The Bertz CT molecular complexity index is 1750. The highest BCUT2D eigenvalue weighted by molar-refractivity contribution is 7.93. The summed E-state index contributed by atoms with van der Waals surface area (Å²) in [4.78, 5) is 31.4. The molecule has 0 radical (unpaired) electrons. The molecule has 2 heterocycles. The fourth-order valence-electron chi connectivity index (χ4n) is 6.15. The molecule has 1 saturated heterocycles. The van der Waals surface area contributed by atoms with Crippen molar-refractivity contribution in [2.24, 2.45) is 0 Å². The summed E-state index contributed by atoms with van der Waals surface area (Å²) in [5.74, 6) is -1.16. The van der Waals surface area contributed by atoms with Gasteiger partial charge in [0.1, 0.15) is 16.4 Å². The number of anilines is 2. The molecule has 14 heteroatoms. The van der Waals surface area contributed by atoms with Gasteiger partial charge in [-0.15, -0.1) is 0 Å². The molecule has 0 aromatic heterocycles. The fraction of sp³-hybridized carbons (Fsp3) is 0.333. The number of nitrogens with zero attached hydrogens (tertiary/aromatic N) is 3. The molecule has 3 aromatic carbocycles. The number of fused-ring (bicyclic) bond motifs is 1. The van der Waals surface area contributed by atoms with Crippen molar-refractivity contribution in [3.05, 3.63) is 76.3 Å². The number of ether oxygens (including phenoxy) is 2. The summed E-state index contributed by atoms with van der Waals surface area (Å²) in [6.45, 7) is 1.68. The second-order valence-corrected chi connectivity index (χ2v) is 13.1. The molecule has 1 fully saturated rings. The van der Waals surface area contributed by atoms with Crippen LogP contribution in [0, 0.1) is 6.92 Å². The fourth-order valence-corrected chi connectivity index (χ4v) is 7.92. The van der Waals surface area contributed by atoms with E-state index in [2.05, 4.69) is 0 Å². The van der Waals surface area contributed by atoms with E-state index in [0.29, 0.717) is 4.31 Å². The van der Waals surface area contributed by atoms with E-state index < -0.39 is 33.6 Å². The summed E-state index contributed by atoms with van der Waals surface area (Å²) in [6, 6.07) is 12.4. The number of aryl methyl sites for hydroxylation is 1. The Hall–Kier alpha value is -3.88. The Morgan fingerprint density at radius 1 is 1.05 bits per heavy atom. The number of methoxy groups -OCH3 is 2. The van der Waals surface area contributed by atoms with Crippen LogP contribution in [0.5, 0.6) is 11.5 Å². The van der Waals surface area contributed by atoms with Gasteiger partial charge in [0.15, 0.2) is 5.54 Å². The van der Waals surface area contributed by atoms with Gasteiger partial charge in [-0.1, -0.05) is 23.2 Å². The van der Waals surface area contributed by atoms with Crippen molar-refractivity contribution in [2.45, 2.75) is 35.9 Å². The highest BCUT2D eigenvalue weighted by atomic mass is 35.5. The molecule has 0 bridgehead atoms. The predicted octanol–water partition coefficient (Wildman–Crippen LogP) is 2.97. The average molecular weight is 645 g/mol. The first kappa shape index (κ1) is 31.5. The van der Waals surface area contributed by atoms with E-state index in [-0.39, 0.29) is 62.8 Å². The third-order valence-corrected chi connectivity index (χ3v) is 10.0. The molecule has 0 aliphatic carbocycles. The zero-order valence-corrected chi connectivity index (χ0v) is 26.3. The van der Waals surface area contributed by atoms with Crippen molar-refractivity contribution in [1.82, 2.24) is 9.80 Å². The zero-order chi connectivity index (χ0) is 32.1. The van der Waals surface area contributed by atoms with E-state index in [1.54, 1.807) is 37.2 Å². The van der Waals surface area contributed by atoms with E-state index in [1.807, 2.05) is 12.4 Å². The number of carbonyl (C=O) groups excluding carboxylic acids is 2. The Morgan fingerprint density at radius 3 is 2.39 bits per heavy atom. The number of rotatable bonds is 8. The second-order valence-electron chi connectivity index (χ2n) is 10.9. The van der Waals surface area contributed by atoms with E-state index in [0.717, 1.165) is 5.56 Å². The molecule has 2 aliphatic heterocycles. The van der Waals surface area contributed by atoms with Crippen molar-refractivity contribution in [3.8, 4) is 11.5 Å². The number of hydrogen-bond acceptors (Lipinski definition) is 10. The van der Waals surface area contributed by atoms with Crippen molar-refractivity contribution >= 4 is 44.8 Å². The molecule has 0 saturated carbocycles. The minimum atomic E-state index is -4.71. The molecule has 2 aliphatic rings. The summed E-state index contributed by atoms with van der Waals surface area (Å²) in [7, 11) is 1.12. The van der Waals surface area contributed by atoms with Crippen LogP contribution in [0.15, 0.2) is 59.5 Å². The van der Waals surface area contributed by atoms with Crippen molar-refractivity contribution in [3.63, 3.8) is 0 Å². The third kappa shape index (κ3) is 4.75. The normalized spacial score (nSPS) is 21.7. The van der Waals surface area contributed by atoms with Crippen molar-refractivity contribution < 1.29 is 37.8 Å². The van der Waals surface area contributed by atoms with Gasteiger partial charge < -0.3 is 19.5 Å². The molecule has 2 amide bonds. The number of sulfonamides is 1. The van der Waals surface area contributed by atoms with Gasteiger partial charge in [-0.3, -0.25) is 25.2 Å². The summed E-state index contributed by atoms with van der Waals surface area (Å²) >= 11 is 6.53. The Kier molecular flexibility index (Phi) is 8.29. The lowest BCUT2D eigenvalue weighted by Gasteiger charge is -2.42. The van der Waals surface area contributed by atoms with Crippen LogP contribution in [0.2, 0.25) is 5.02 Å². The molecule has 0 spiro atoms. The number of β-amino-alcohol motifs (C(OH)–C–C–N with tert-alkyl or cyclic N) is 1. The van der Waals surface area contributed by atoms with Gasteiger partial charge in [0.2, 0.25) is 5.91 Å². The summed E-state index contributed by atoms with van der Waals surface area (Å²) in [5.41, 5.74) is 1.36. The molecule has 1 unspecified atom stereocenters. The number of aliphatic hydroxyl groups is 1. The molecule has 44 heavy (non-hydrogen) atoms. The van der Waals surface area contributed by atoms with Crippen LogP contribution >= 0.6 is 11.6 Å². The third-order valence-electron chi connectivity index (χ3n) is 8.05. The maximum absolute atomic E-state index is 15.3. The van der Waals surface area contributed by atoms with Crippen LogP contribution in [0.3, 0.4) is 0 Å². The molecule has 234 valence electrons. The molecular weight excluding hydrogens is 612 g/mol. The van der Waals surface area contributed by atoms with Gasteiger partial charge in [-0.2, -0.15) is 0 Å². The van der Waals surface area contributed by atoms with Gasteiger partial charge >= 0.3 is 0 Å². The van der Waals surface area contributed by atoms with Crippen LogP contribution in [0.1, 0.15) is 23.1 Å². The van der Waals surface area contributed by atoms with Gasteiger partial charge in [0, 0.05) is 42.9 Å². The lowest BCUT2D eigenvalue weighted by Crippen LogP contribution is -2.59. The molecule has 3 atom stereocenters. The van der Waals surface area contributed by atoms with Crippen molar-refractivity contribution in [2.75, 3.05) is 44.6 Å². The average Bonchev–Trinajstić information content (AvgIpc) is 3.50. The molecule has 3 N–H and O–H groups in total. The van der Waals surface area contributed by atoms with E-state index in [1.165, 1.54) is 55.5 Å². The van der Waals surface area contributed by atoms with Crippen LogP contribution in [0.4, 0.5) is 11.4 Å². The standard InChI is InChI=1S/C30H33ClN4O8S/c1-17-6-10-25(42-4)22(12-17)30(34-16-20(36)15-24(34)28(37)33(2)3)21-13-18(31)7-9-23(21)35(29(30)38)44(40,41)27-11-8-19(32-39)14-26(27)43-5/h6-14,20,24,32,36,39H,15-16H2,1-5H3/t20-,24+,30?/m1/s1. The van der Waals surface area contributed by atoms with Crippen molar-refractivity contribution in [1.29, 1.82) is 0 Å². The molecule has 3 aromatic rings. The minimum absolute atomic E-state index is 0.00622. The number of likely N-dealkylation sites (N-methyl/N-ethyl adjacent to an activating group) is 1. The van der Waals surface area contributed by atoms with Crippen LogP contribution in [0.25, 0.3) is 0 Å². The number of halogens is 1. The number of aliphatic hydroxyl groups excluding tert-OH is 1. The van der Waals surface area contributed by atoms with E-state index in [4.69, 9.17) is 21.1 Å². The first-order chi connectivity index (χ1) is 20.8. The van der Waals surface area contributed by atoms with Gasteiger partial charge in [-0.05, 0) is 55.8 Å². The maximum Gasteiger partial charge on any atom is 0.274 e. The number of likely N-dealkylation sites (tertiary alicyclic amines) is 1. The maximum atomic E-state index is 15.3.